The van der Waals surface area contributed by atoms with Gasteiger partial charge in [-0.15, -0.1) is 5.10 Å². The molecule has 9 heteroatoms. The molecule has 1 fully saturated rings. The zero-order valence-electron chi connectivity index (χ0n) is 21.6. The van der Waals surface area contributed by atoms with Crippen molar-refractivity contribution in [2.75, 3.05) is 31.5 Å². The number of nitrogens with zero attached hydrogens (tertiary/aromatic N) is 6. The average molecular weight is 489 g/mol. The minimum absolute atomic E-state index is 0.284. The quantitative estimate of drug-likeness (QED) is 0.341. The van der Waals surface area contributed by atoms with Gasteiger partial charge in [0.2, 0.25) is 0 Å². The van der Waals surface area contributed by atoms with E-state index in [0.29, 0.717) is 17.6 Å². The Morgan fingerprint density at radius 1 is 1.17 bits per heavy atom. The van der Waals surface area contributed by atoms with E-state index in [1.165, 1.54) is 0 Å². The number of morpholine rings is 1. The Bertz CT molecular complexity index is 1220. The lowest BCUT2D eigenvalue weighted by atomic mass is 10.1. The van der Waals surface area contributed by atoms with E-state index in [2.05, 4.69) is 58.1 Å². The van der Waals surface area contributed by atoms with E-state index >= 15 is 0 Å². The molecule has 0 radical (unpaired) electrons. The van der Waals surface area contributed by atoms with Crippen molar-refractivity contribution in [3.05, 3.63) is 54.0 Å². The minimum atomic E-state index is 0.284. The minimum Gasteiger partial charge on any atom is -0.404 e. The summed E-state index contributed by atoms with van der Waals surface area (Å²) < 4.78 is 5.81. The highest BCUT2D eigenvalue weighted by atomic mass is 16.5. The van der Waals surface area contributed by atoms with Crippen LogP contribution in [0, 0.1) is 0 Å². The molecule has 0 aliphatic carbocycles. The molecule has 0 unspecified atom stereocenters. The van der Waals surface area contributed by atoms with Crippen molar-refractivity contribution >= 4 is 34.5 Å². The van der Waals surface area contributed by atoms with Gasteiger partial charge in [-0.3, -0.25) is 14.9 Å². The first-order valence-corrected chi connectivity index (χ1v) is 12.6. The van der Waals surface area contributed by atoms with E-state index in [1.54, 1.807) is 18.6 Å². The molecule has 2 atom stereocenters. The normalized spacial score (nSPS) is 19.4. The van der Waals surface area contributed by atoms with Gasteiger partial charge in [0.1, 0.15) is 5.82 Å². The molecule has 0 amide bonds. The maximum atomic E-state index is 5.93. The van der Waals surface area contributed by atoms with Gasteiger partial charge in [-0.05, 0) is 56.0 Å². The third-order valence-electron chi connectivity index (χ3n) is 6.14. The van der Waals surface area contributed by atoms with Gasteiger partial charge in [0.25, 0.3) is 0 Å². The van der Waals surface area contributed by atoms with Gasteiger partial charge in [-0.2, -0.15) is 5.10 Å². The second kappa shape index (κ2) is 12.0. The first-order valence-electron chi connectivity index (χ1n) is 12.6. The fourth-order valence-electron chi connectivity index (χ4n) is 4.35. The van der Waals surface area contributed by atoms with Crippen LogP contribution in [0.2, 0.25) is 0 Å². The molecule has 3 aromatic heterocycles. The smallest absolute Gasteiger partial charge is 0.154 e. The van der Waals surface area contributed by atoms with Gasteiger partial charge < -0.3 is 15.8 Å². The standard InChI is InChI=1S/C27H36N8O/c1-18(2)21-11-27(34-31-15-21)33-26-7-6-24-25(32-26)10-22(14-30-24)23(12-28)13-29-8-5-9-35-16-19(3)36-20(4)17-35/h6-7,10-15,18-20H,5,8-9,16-17,28H2,1-4H3,(H,32,33,34)/t19-,20+. The number of aromatic nitrogens is 4. The second-order valence-electron chi connectivity index (χ2n) is 9.64. The van der Waals surface area contributed by atoms with Gasteiger partial charge in [0, 0.05) is 55.9 Å². The van der Waals surface area contributed by atoms with Crippen molar-refractivity contribution in [2.24, 2.45) is 10.7 Å². The maximum absolute atomic E-state index is 5.93. The summed E-state index contributed by atoms with van der Waals surface area (Å²) in [6.45, 7) is 12.2. The molecule has 0 bridgehead atoms. The van der Waals surface area contributed by atoms with Crippen LogP contribution in [-0.4, -0.2) is 69.7 Å². The van der Waals surface area contributed by atoms with Crippen LogP contribution in [0.1, 0.15) is 51.2 Å². The highest BCUT2D eigenvalue weighted by Crippen LogP contribution is 2.21. The number of nitrogens with two attached hydrogens (primary N) is 1. The molecule has 4 rings (SSSR count). The maximum Gasteiger partial charge on any atom is 0.154 e. The molecule has 0 saturated carbocycles. The van der Waals surface area contributed by atoms with Crippen LogP contribution < -0.4 is 11.1 Å². The predicted molar refractivity (Wildman–Crippen MR) is 146 cm³/mol. The molecular weight excluding hydrogens is 452 g/mol. The molecule has 3 aromatic rings. The number of hydrogen-bond donors (Lipinski definition) is 2. The third-order valence-corrected chi connectivity index (χ3v) is 6.14. The number of hydrogen-bond acceptors (Lipinski definition) is 9. The average Bonchev–Trinajstić information content (AvgIpc) is 2.85. The van der Waals surface area contributed by atoms with Crippen LogP contribution in [0.5, 0.6) is 0 Å². The molecule has 1 aliphatic rings. The third kappa shape index (κ3) is 6.83. The van der Waals surface area contributed by atoms with Crippen molar-refractivity contribution in [1.29, 1.82) is 0 Å². The van der Waals surface area contributed by atoms with E-state index in [9.17, 15) is 0 Å². The highest BCUT2D eigenvalue weighted by Gasteiger charge is 2.21. The zero-order chi connectivity index (χ0) is 25.5. The molecular formula is C27H36N8O. The number of anilines is 2. The first kappa shape index (κ1) is 25.7. The van der Waals surface area contributed by atoms with Crippen molar-refractivity contribution in [3.63, 3.8) is 0 Å². The molecule has 3 N–H and O–H groups in total. The summed E-state index contributed by atoms with van der Waals surface area (Å²) in [6, 6.07) is 7.78. The van der Waals surface area contributed by atoms with Gasteiger partial charge in [-0.25, -0.2) is 4.98 Å². The Hall–Kier alpha value is -3.43. The van der Waals surface area contributed by atoms with E-state index in [0.717, 1.165) is 60.3 Å². The summed E-state index contributed by atoms with van der Waals surface area (Å²) in [5.41, 5.74) is 10.3. The summed E-state index contributed by atoms with van der Waals surface area (Å²) in [4.78, 5) is 16.3. The summed E-state index contributed by atoms with van der Waals surface area (Å²) in [5, 5.41) is 11.5. The molecule has 0 spiro atoms. The van der Waals surface area contributed by atoms with Gasteiger partial charge >= 0.3 is 0 Å². The Morgan fingerprint density at radius 3 is 2.72 bits per heavy atom. The van der Waals surface area contributed by atoms with E-state index in [4.69, 9.17) is 15.5 Å². The number of fused-ring (bicyclic) bond motifs is 1. The van der Waals surface area contributed by atoms with Crippen molar-refractivity contribution in [1.82, 2.24) is 25.1 Å². The molecule has 4 heterocycles. The molecule has 1 aliphatic heterocycles. The number of nitrogens with one attached hydrogen (secondary N) is 1. The lowest BCUT2D eigenvalue weighted by Crippen LogP contribution is -2.45. The Labute approximate surface area is 212 Å². The lowest BCUT2D eigenvalue weighted by molar-refractivity contribution is -0.0679. The number of rotatable bonds is 9. The lowest BCUT2D eigenvalue weighted by Gasteiger charge is -2.35. The highest BCUT2D eigenvalue weighted by molar-refractivity contribution is 6.10. The Morgan fingerprint density at radius 2 is 1.97 bits per heavy atom. The fourth-order valence-corrected chi connectivity index (χ4v) is 4.35. The number of aliphatic imine (C=N–C) groups is 1. The van der Waals surface area contributed by atoms with Crippen LogP contribution in [0.25, 0.3) is 16.6 Å². The molecule has 0 aromatic carbocycles. The first-order chi connectivity index (χ1) is 17.4. The number of pyridine rings is 2. The summed E-state index contributed by atoms with van der Waals surface area (Å²) in [7, 11) is 0. The van der Waals surface area contributed by atoms with Crippen molar-refractivity contribution < 1.29 is 4.74 Å². The van der Waals surface area contributed by atoms with E-state index < -0.39 is 0 Å². The van der Waals surface area contributed by atoms with Gasteiger partial charge in [-0.1, -0.05) is 13.8 Å². The van der Waals surface area contributed by atoms with Crippen LogP contribution in [0.15, 0.2) is 47.9 Å². The topological polar surface area (TPSA) is 114 Å². The largest absolute Gasteiger partial charge is 0.404 e. The van der Waals surface area contributed by atoms with E-state index in [1.807, 2.05) is 30.5 Å². The van der Waals surface area contributed by atoms with Crippen LogP contribution in [0.4, 0.5) is 11.6 Å². The van der Waals surface area contributed by atoms with Crippen LogP contribution in [0.3, 0.4) is 0 Å². The number of ether oxygens (including phenoxy) is 1. The Kier molecular flexibility index (Phi) is 8.56. The molecule has 9 nitrogen and oxygen atoms in total. The molecule has 1 saturated heterocycles. The SMILES string of the molecule is CC(C)c1cnnc(Nc2ccc3ncc(C(C=NCCCN4C[C@@H](C)O[C@@H](C)C4)=CN)cc3n2)c1. The van der Waals surface area contributed by atoms with E-state index in [-0.39, 0.29) is 12.2 Å². The van der Waals surface area contributed by atoms with Crippen LogP contribution >= 0.6 is 0 Å². The van der Waals surface area contributed by atoms with Gasteiger partial charge in [0.05, 0.1) is 29.4 Å². The summed E-state index contributed by atoms with van der Waals surface area (Å²) in [5.74, 6) is 1.70. The summed E-state index contributed by atoms with van der Waals surface area (Å²) >= 11 is 0. The fraction of sp³-hybridized carbons (Fsp3) is 0.444. The van der Waals surface area contributed by atoms with Crippen molar-refractivity contribution in [3.8, 4) is 0 Å². The van der Waals surface area contributed by atoms with Crippen molar-refractivity contribution in [2.45, 2.75) is 52.2 Å². The monoisotopic (exact) mass is 488 g/mol. The predicted octanol–water partition coefficient (Wildman–Crippen LogP) is 4.16. The second-order valence-corrected chi connectivity index (χ2v) is 9.64. The zero-order valence-corrected chi connectivity index (χ0v) is 21.6. The Balaban J connectivity index is 1.39. The van der Waals surface area contributed by atoms with Crippen LogP contribution in [-0.2, 0) is 4.74 Å². The van der Waals surface area contributed by atoms with Gasteiger partial charge in [0.15, 0.2) is 5.82 Å². The molecule has 190 valence electrons. The molecule has 36 heavy (non-hydrogen) atoms. The number of allylic oxidation sites excluding steroid dienone is 1. The summed E-state index contributed by atoms with van der Waals surface area (Å²) in [6.07, 6.45) is 8.52.